The van der Waals surface area contributed by atoms with Crippen molar-refractivity contribution >= 4 is 38.9 Å². The van der Waals surface area contributed by atoms with Gasteiger partial charge in [0, 0.05) is 37.4 Å². The van der Waals surface area contributed by atoms with E-state index in [1.54, 1.807) is 40.7 Å². The average Bonchev–Trinajstić information content (AvgIpc) is 2.99. The molecule has 1 aliphatic heterocycles. The minimum atomic E-state index is -3.67. The number of sulfonamides is 1. The van der Waals surface area contributed by atoms with Crippen LogP contribution in [0.3, 0.4) is 0 Å². The minimum absolute atomic E-state index is 0.0582. The van der Waals surface area contributed by atoms with Crippen molar-refractivity contribution in [3.05, 3.63) is 131 Å². The van der Waals surface area contributed by atoms with Crippen molar-refractivity contribution in [3.63, 3.8) is 0 Å². The zero-order valence-electron chi connectivity index (χ0n) is 22.7. The second-order valence-corrected chi connectivity index (χ2v) is 12.3. The van der Waals surface area contributed by atoms with Gasteiger partial charge in [-0.3, -0.25) is 15.0 Å². The summed E-state index contributed by atoms with van der Waals surface area (Å²) in [6.45, 7) is 3.93. The molecule has 0 unspecified atom stereocenters. The van der Waals surface area contributed by atoms with Gasteiger partial charge in [0.1, 0.15) is 0 Å². The number of nitrogens with one attached hydrogen (secondary N) is 2. The van der Waals surface area contributed by atoms with E-state index in [1.165, 1.54) is 11.1 Å². The summed E-state index contributed by atoms with van der Waals surface area (Å²) in [5, 5.41) is 5.74. The number of thiocarbonyl (C=S) groups is 1. The number of carbonyl (C=O) groups excluding carboxylic acids is 1. The minimum Gasteiger partial charge on any atom is -0.332 e. The fourth-order valence-electron chi connectivity index (χ4n) is 5.07. The molecule has 41 heavy (non-hydrogen) atoms. The van der Waals surface area contributed by atoms with Gasteiger partial charge >= 0.3 is 0 Å². The number of amides is 1. The Morgan fingerprint density at radius 3 is 1.93 bits per heavy atom. The van der Waals surface area contributed by atoms with Gasteiger partial charge in [-0.1, -0.05) is 78.4 Å². The van der Waals surface area contributed by atoms with Crippen LogP contribution in [0, 0.1) is 6.92 Å². The molecular weight excluding hydrogens is 553 g/mol. The summed E-state index contributed by atoms with van der Waals surface area (Å²) in [7, 11) is -3.67. The number of carbonyl (C=O) groups is 1. The standard InChI is InChI=1S/C32H32N4O3S2/c1-24-9-8-14-27(23-24)31(37)34-32(40)33-28-15-17-29(18-16-28)41(38,39)36-21-19-35(20-22-36)30(25-10-4-2-5-11-25)26-12-6-3-7-13-26/h2-18,23,30H,19-22H2,1H3,(H2,33,34,37,40). The smallest absolute Gasteiger partial charge is 0.257 e. The lowest BCUT2D eigenvalue weighted by atomic mass is 9.96. The van der Waals surface area contributed by atoms with E-state index in [0.717, 1.165) is 5.56 Å². The Hall–Kier alpha value is -3.89. The molecule has 7 nitrogen and oxygen atoms in total. The molecule has 1 amide bonds. The van der Waals surface area contributed by atoms with Gasteiger partial charge in [0.15, 0.2) is 5.11 Å². The topological polar surface area (TPSA) is 81.8 Å². The highest BCUT2D eigenvalue weighted by molar-refractivity contribution is 7.89. The highest BCUT2D eigenvalue weighted by Crippen LogP contribution is 2.30. The van der Waals surface area contributed by atoms with Gasteiger partial charge < -0.3 is 5.32 Å². The summed E-state index contributed by atoms with van der Waals surface area (Å²) in [5.74, 6) is -0.314. The molecule has 4 aromatic carbocycles. The molecule has 210 valence electrons. The van der Waals surface area contributed by atoms with Crippen LogP contribution in [0.25, 0.3) is 0 Å². The molecule has 0 bridgehead atoms. The molecule has 4 aromatic rings. The molecule has 0 radical (unpaired) electrons. The fourth-order valence-corrected chi connectivity index (χ4v) is 6.70. The maximum absolute atomic E-state index is 13.5. The Morgan fingerprint density at radius 1 is 0.780 bits per heavy atom. The van der Waals surface area contributed by atoms with Crippen molar-refractivity contribution in [2.45, 2.75) is 17.9 Å². The maximum Gasteiger partial charge on any atom is 0.257 e. The van der Waals surface area contributed by atoms with Crippen molar-refractivity contribution < 1.29 is 13.2 Å². The zero-order valence-corrected chi connectivity index (χ0v) is 24.4. The molecule has 0 atom stereocenters. The second-order valence-electron chi connectivity index (χ2n) is 9.97. The first kappa shape index (κ1) is 28.6. The number of aryl methyl sites for hydroxylation is 1. The molecular formula is C32H32N4O3S2. The van der Waals surface area contributed by atoms with Gasteiger partial charge in [-0.05, 0) is 66.7 Å². The molecule has 1 fully saturated rings. The average molecular weight is 585 g/mol. The zero-order chi connectivity index (χ0) is 28.8. The maximum atomic E-state index is 13.5. The summed E-state index contributed by atoms with van der Waals surface area (Å²) in [5.41, 5.74) is 4.44. The van der Waals surface area contributed by atoms with Crippen LogP contribution in [0.15, 0.2) is 114 Å². The first-order chi connectivity index (χ1) is 19.8. The predicted molar refractivity (Wildman–Crippen MR) is 166 cm³/mol. The lowest BCUT2D eigenvalue weighted by Gasteiger charge is -2.39. The Labute approximate surface area is 246 Å². The highest BCUT2D eigenvalue weighted by atomic mass is 32.2. The van der Waals surface area contributed by atoms with Crippen LogP contribution >= 0.6 is 12.2 Å². The first-order valence-electron chi connectivity index (χ1n) is 13.4. The lowest BCUT2D eigenvalue weighted by Crippen LogP contribution is -2.49. The van der Waals surface area contributed by atoms with E-state index < -0.39 is 10.0 Å². The Balaban J connectivity index is 1.21. The van der Waals surface area contributed by atoms with Gasteiger partial charge in [-0.2, -0.15) is 4.31 Å². The van der Waals surface area contributed by atoms with E-state index in [1.807, 2.05) is 55.5 Å². The van der Waals surface area contributed by atoms with Gasteiger partial charge in [-0.25, -0.2) is 8.42 Å². The third-order valence-corrected chi connectivity index (χ3v) is 9.24. The number of rotatable bonds is 7. The largest absolute Gasteiger partial charge is 0.332 e. The van der Waals surface area contributed by atoms with E-state index in [9.17, 15) is 13.2 Å². The van der Waals surface area contributed by atoms with Crippen molar-refractivity contribution in [1.29, 1.82) is 0 Å². The van der Waals surface area contributed by atoms with Crippen molar-refractivity contribution in [2.75, 3.05) is 31.5 Å². The molecule has 0 aliphatic carbocycles. The van der Waals surface area contributed by atoms with Gasteiger partial charge in [-0.15, -0.1) is 0 Å². The monoisotopic (exact) mass is 584 g/mol. The van der Waals surface area contributed by atoms with E-state index in [2.05, 4.69) is 39.8 Å². The number of nitrogens with zero attached hydrogens (tertiary/aromatic N) is 2. The summed E-state index contributed by atoms with van der Waals surface area (Å²) in [4.78, 5) is 15.0. The summed E-state index contributed by atoms with van der Waals surface area (Å²) in [6, 6.07) is 34.3. The molecule has 1 saturated heterocycles. The Kier molecular flexibility index (Phi) is 8.90. The van der Waals surface area contributed by atoms with Crippen LogP contribution in [0.1, 0.15) is 33.1 Å². The quantitative estimate of drug-likeness (QED) is 0.290. The van der Waals surface area contributed by atoms with Crippen LogP contribution < -0.4 is 10.6 Å². The molecule has 1 aliphatic rings. The van der Waals surface area contributed by atoms with Crippen molar-refractivity contribution in [1.82, 2.24) is 14.5 Å². The molecule has 1 heterocycles. The summed E-state index contributed by atoms with van der Waals surface area (Å²) in [6.07, 6.45) is 0. The number of anilines is 1. The fraction of sp³-hybridized carbons (Fsp3) is 0.188. The number of hydrogen-bond acceptors (Lipinski definition) is 5. The van der Waals surface area contributed by atoms with Crippen LogP contribution in [0.5, 0.6) is 0 Å². The molecule has 0 spiro atoms. The Morgan fingerprint density at radius 2 is 1.37 bits per heavy atom. The van der Waals surface area contributed by atoms with Gasteiger partial charge in [0.2, 0.25) is 10.0 Å². The van der Waals surface area contributed by atoms with Crippen LogP contribution in [-0.4, -0.2) is 54.8 Å². The molecule has 2 N–H and O–H groups in total. The van der Waals surface area contributed by atoms with E-state index in [0.29, 0.717) is 37.4 Å². The van der Waals surface area contributed by atoms with Gasteiger partial charge in [0.05, 0.1) is 10.9 Å². The third-order valence-electron chi connectivity index (χ3n) is 7.13. The molecule has 0 aromatic heterocycles. The predicted octanol–water partition coefficient (Wildman–Crippen LogP) is 5.22. The first-order valence-corrected chi connectivity index (χ1v) is 15.3. The normalized spacial score (nSPS) is 14.5. The highest BCUT2D eigenvalue weighted by Gasteiger charge is 2.32. The number of benzene rings is 4. The second kappa shape index (κ2) is 12.7. The van der Waals surface area contributed by atoms with Crippen LogP contribution in [-0.2, 0) is 10.0 Å². The lowest BCUT2D eigenvalue weighted by molar-refractivity contribution is 0.0977. The van der Waals surface area contributed by atoms with Gasteiger partial charge in [0.25, 0.3) is 5.91 Å². The van der Waals surface area contributed by atoms with E-state index >= 15 is 0 Å². The SMILES string of the molecule is Cc1cccc(C(=O)NC(=S)Nc2ccc(S(=O)(=O)N3CCN(C(c4ccccc4)c4ccccc4)CC3)cc2)c1. The molecule has 5 rings (SSSR count). The number of hydrogen-bond donors (Lipinski definition) is 2. The molecule has 9 heteroatoms. The number of piperazine rings is 1. The van der Waals surface area contributed by atoms with Crippen molar-refractivity contribution in [2.24, 2.45) is 0 Å². The van der Waals surface area contributed by atoms with Crippen LogP contribution in [0.4, 0.5) is 5.69 Å². The molecule has 0 saturated carbocycles. The van der Waals surface area contributed by atoms with Crippen molar-refractivity contribution in [3.8, 4) is 0 Å². The third kappa shape index (κ3) is 6.89. The summed E-state index contributed by atoms with van der Waals surface area (Å²) < 4.78 is 28.5. The van der Waals surface area contributed by atoms with Crippen LogP contribution in [0.2, 0.25) is 0 Å². The Bertz CT molecular complexity index is 1560. The van der Waals surface area contributed by atoms with E-state index in [4.69, 9.17) is 12.2 Å². The summed E-state index contributed by atoms with van der Waals surface area (Å²) >= 11 is 5.28. The van der Waals surface area contributed by atoms with E-state index in [-0.39, 0.29) is 22.0 Å².